The molecular formula is C35H29N7O4. The van der Waals surface area contributed by atoms with Crippen molar-refractivity contribution in [2.75, 3.05) is 29.4 Å². The molecule has 5 aromatic rings. The summed E-state index contributed by atoms with van der Waals surface area (Å²) in [6.07, 6.45) is 5.84. The minimum atomic E-state index is -0.480. The number of fused-ring (bicyclic) bond motifs is 7. The SMILES string of the molecule is Cc1c[nH]c2c1[C@@]13C[C@H]1CN(C(=O)c1cc4c5c(ccc4[nH]1)N(C(=O)c1cc4c6c(ccc4[nH]1)N(C(N)=O)CC6)CC5)C3=CC2=O. The molecule has 0 radical (unpaired) electrons. The summed E-state index contributed by atoms with van der Waals surface area (Å²) < 4.78 is 0. The maximum atomic E-state index is 14.0. The molecule has 1 saturated heterocycles. The Bertz CT molecular complexity index is 2320. The summed E-state index contributed by atoms with van der Waals surface area (Å²) in [7, 11) is 0. The third kappa shape index (κ3) is 3.07. The van der Waals surface area contributed by atoms with Crippen LogP contribution in [0.25, 0.3) is 21.8 Å². The lowest BCUT2D eigenvalue weighted by molar-refractivity contribution is 0.0806. The number of anilines is 2. The smallest absolute Gasteiger partial charge is 0.319 e. The number of nitrogens with zero attached hydrogens (tertiary/aromatic N) is 3. The molecule has 5 N–H and O–H groups in total. The van der Waals surface area contributed by atoms with E-state index in [0.717, 1.165) is 67.6 Å². The molecule has 1 saturated carbocycles. The third-order valence-corrected chi connectivity index (χ3v) is 11.0. The molecule has 6 heterocycles. The van der Waals surface area contributed by atoms with Gasteiger partial charge in [0.2, 0.25) is 5.78 Å². The second kappa shape index (κ2) is 8.36. The van der Waals surface area contributed by atoms with Crippen molar-refractivity contribution >= 4 is 56.8 Å². The Balaban J connectivity index is 0.962. The number of ketones is 1. The van der Waals surface area contributed by atoms with Gasteiger partial charge in [-0.3, -0.25) is 19.3 Å². The Kier molecular flexibility index (Phi) is 4.67. The third-order valence-electron chi connectivity index (χ3n) is 11.0. The maximum absolute atomic E-state index is 14.0. The fourth-order valence-corrected chi connectivity index (χ4v) is 8.93. The van der Waals surface area contributed by atoms with E-state index in [1.165, 1.54) is 0 Å². The van der Waals surface area contributed by atoms with E-state index < -0.39 is 6.03 Å². The van der Waals surface area contributed by atoms with Crippen molar-refractivity contribution in [3.8, 4) is 0 Å². The van der Waals surface area contributed by atoms with E-state index in [-0.39, 0.29) is 23.0 Å². The molecule has 0 unspecified atom stereocenters. The molecule has 4 amide bonds. The Morgan fingerprint density at radius 3 is 2.13 bits per heavy atom. The van der Waals surface area contributed by atoms with E-state index in [2.05, 4.69) is 15.0 Å². The molecule has 2 atom stereocenters. The lowest BCUT2D eigenvalue weighted by Crippen LogP contribution is -2.34. The number of aryl methyl sites for hydroxylation is 1. The first kappa shape index (κ1) is 25.7. The maximum Gasteiger partial charge on any atom is 0.319 e. The largest absolute Gasteiger partial charge is 0.358 e. The number of primary amides is 1. The molecule has 5 aliphatic rings. The summed E-state index contributed by atoms with van der Waals surface area (Å²) in [4.78, 5) is 67.6. The normalized spacial score (nSPS) is 22.2. The summed E-state index contributed by atoms with van der Waals surface area (Å²) >= 11 is 0. The van der Waals surface area contributed by atoms with Crippen LogP contribution in [0.15, 0.2) is 54.4 Å². The second-order valence-electron chi connectivity index (χ2n) is 13.3. The Labute approximate surface area is 262 Å². The lowest BCUT2D eigenvalue weighted by Gasteiger charge is -2.28. The van der Waals surface area contributed by atoms with Crippen molar-refractivity contribution in [2.45, 2.75) is 31.6 Å². The highest BCUT2D eigenvalue weighted by molar-refractivity contribution is 6.12. The Morgan fingerprint density at radius 1 is 0.870 bits per heavy atom. The Morgan fingerprint density at radius 2 is 1.48 bits per heavy atom. The van der Waals surface area contributed by atoms with E-state index in [4.69, 9.17) is 5.73 Å². The van der Waals surface area contributed by atoms with E-state index in [1.807, 2.05) is 49.5 Å². The number of amides is 4. The van der Waals surface area contributed by atoms with Gasteiger partial charge in [0, 0.05) is 76.2 Å². The van der Waals surface area contributed by atoms with Gasteiger partial charge < -0.3 is 30.5 Å². The molecular weight excluding hydrogens is 582 g/mol. The number of carbonyl (C=O) groups excluding carboxylic acids is 4. The summed E-state index contributed by atoms with van der Waals surface area (Å²) in [5, 5.41) is 1.85. The van der Waals surface area contributed by atoms with Crippen LogP contribution in [0.2, 0.25) is 0 Å². The van der Waals surface area contributed by atoms with E-state index in [9.17, 15) is 19.2 Å². The summed E-state index contributed by atoms with van der Waals surface area (Å²) in [5.41, 5.74) is 15.2. The highest BCUT2D eigenvalue weighted by Gasteiger charge is 2.68. The topological polar surface area (TPSA) is 151 Å². The number of nitrogens with one attached hydrogen (secondary N) is 3. The fraction of sp³-hybridized carbons (Fsp3) is 0.257. The molecule has 0 bridgehead atoms. The number of H-pyrrole nitrogens is 3. The number of allylic oxidation sites excluding steroid dienone is 2. The van der Waals surface area contributed by atoms with Crippen LogP contribution in [0, 0.1) is 12.8 Å². The van der Waals surface area contributed by atoms with Gasteiger partial charge in [-0.15, -0.1) is 0 Å². The number of aromatic amines is 3. The van der Waals surface area contributed by atoms with Gasteiger partial charge in [0.1, 0.15) is 11.4 Å². The summed E-state index contributed by atoms with van der Waals surface area (Å²) in [5.74, 6) is -0.0430. The molecule has 228 valence electrons. The van der Waals surface area contributed by atoms with Crippen LogP contribution >= 0.6 is 0 Å². The van der Waals surface area contributed by atoms with Crippen molar-refractivity contribution in [1.82, 2.24) is 19.9 Å². The quantitative estimate of drug-likeness (QED) is 0.234. The zero-order valence-corrected chi connectivity index (χ0v) is 25.0. The van der Waals surface area contributed by atoms with Crippen molar-refractivity contribution in [1.29, 1.82) is 0 Å². The first-order chi connectivity index (χ1) is 22.2. The fourth-order valence-electron chi connectivity index (χ4n) is 8.93. The van der Waals surface area contributed by atoms with Crippen molar-refractivity contribution in [2.24, 2.45) is 11.7 Å². The number of benzene rings is 2. The van der Waals surface area contributed by atoms with Crippen molar-refractivity contribution < 1.29 is 19.2 Å². The minimum absolute atomic E-state index is 0.0831. The van der Waals surface area contributed by atoms with Gasteiger partial charge in [-0.25, -0.2) is 4.79 Å². The average Bonchev–Trinajstić information content (AvgIpc) is 3.75. The number of likely N-dealkylation sites (tertiary alicyclic amines) is 1. The summed E-state index contributed by atoms with van der Waals surface area (Å²) in [6.45, 7) is 3.66. The van der Waals surface area contributed by atoms with Crippen LogP contribution < -0.4 is 15.5 Å². The standard InChI is InChI=1S/C35H29N7O4/c1-16-14-37-31-28(43)12-29-35(30(16)31)13-17(35)15-42(29)33(45)25-11-20-18-6-8-40(26(18)4-2-22(20)39-25)32(44)24-10-21-19-7-9-41(34(36)46)27(19)5-3-23(21)38-24/h2-5,10-12,14,17,37-39H,6-9,13,15H2,1H3,(H2,36,46)/t17-,35-/m0/s1. The molecule has 11 heteroatoms. The van der Waals surface area contributed by atoms with E-state index >= 15 is 0 Å². The molecule has 1 spiro atoms. The predicted molar refractivity (Wildman–Crippen MR) is 171 cm³/mol. The number of hydrogen-bond donors (Lipinski definition) is 4. The molecule has 2 aromatic carbocycles. The number of rotatable bonds is 2. The van der Waals surface area contributed by atoms with Crippen LogP contribution in [-0.2, 0) is 18.3 Å². The zero-order valence-electron chi connectivity index (χ0n) is 25.0. The molecule has 2 fully saturated rings. The lowest BCUT2D eigenvalue weighted by atomic mass is 9.83. The highest BCUT2D eigenvalue weighted by atomic mass is 16.2. The first-order valence-electron chi connectivity index (χ1n) is 15.7. The number of aromatic nitrogens is 3. The van der Waals surface area contributed by atoms with Gasteiger partial charge >= 0.3 is 6.03 Å². The van der Waals surface area contributed by atoms with E-state index in [0.29, 0.717) is 55.5 Å². The summed E-state index contributed by atoms with van der Waals surface area (Å²) in [6, 6.07) is 10.9. The van der Waals surface area contributed by atoms with Crippen LogP contribution in [0.5, 0.6) is 0 Å². The van der Waals surface area contributed by atoms with Gasteiger partial charge in [0.25, 0.3) is 11.8 Å². The van der Waals surface area contributed by atoms with Crippen LogP contribution in [-0.4, -0.2) is 63.1 Å². The molecule has 11 nitrogen and oxygen atoms in total. The number of urea groups is 1. The van der Waals surface area contributed by atoms with Crippen LogP contribution in [0.3, 0.4) is 0 Å². The van der Waals surface area contributed by atoms with Crippen LogP contribution in [0.1, 0.15) is 60.1 Å². The van der Waals surface area contributed by atoms with Gasteiger partial charge in [-0.2, -0.15) is 0 Å². The van der Waals surface area contributed by atoms with Gasteiger partial charge in [0.15, 0.2) is 0 Å². The molecule has 2 aliphatic carbocycles. The van der Waals surface area contributed by atoms with Gasteiger partial charge in [-0.1, -0.05) is 0 Å². The van der Waals surface area contributed by atoms with Crippen LogP contribution in [0.4, 0.5) is 16.2 Å². The average molecular weight is 612 g/mol. The molecule has 10 rings (SSSR count). The predicted octanol–water partition coefficient (Wildman–Crippen LogP) is 4.42. The van der Waals surface area contributed by atoms with Crippen molar-refractivity contribution in [3.05, 3.63) is 93.7 Å². The van der Waals surface area contributed by atoms with Crippen molar-refractivity contribution in [3.63, 3.8) is 0 Å². The van der Waals surface area contributed by atoms with E-state index in [1.54, 1.807) is 20.8 Å². The molecule has 3 aromatic heterocycles. The number of hydrogen-bond acceptors (Lipinski definition) is 4. The highest BCUT2D eigenvalue weighted by Crippen LogP contribution is 2.67. The van der Waals surface area contributed by atoms with Gasteiger partial charge in [0.05, 0.1) is 5.69 Å². The molecule has 3 aliphatic heterocycles. The van der Waals surface area contributed by atoms with Gasteiger partial charge in [-0.05, 0) is 90.8 Å². The number of nitrogens with two attached hydrogens (primary N) is 1. The first-order valence-corrected chi connectivity index (χ1v) is 15.7. The monoisotopic (exact) mass is 611 g/mol. The Hall–Kier alpha value is -5.58. The second-order valence-corrected chi connectivity index (χ2v) is 13.3. The number of carbonyl (C=O) groups is 4. The molecule has 46 heavy (non-hydrogen) atoms. The minimum Gasteiger partial charge on any atom is -0.358 e. The zero-order chi connectivity index (χ0) is 31.2. The number of piperidine rings is 1.